The van der Waals surface area contributed by atoms with Crippen molar-refractivity contribution in [1.29, 1.82) is 0 Å². The SMILES string of the molecule is CCCCCCCCCCCCC(CCC(CCC(C)C)CCC(C)C)C(=O)O. The standard InChI is InChI=1S/C27H54O2/c1-6-7-8-9-10-11-12-13-14-15-16-26(27(28)29)22-21-25(19-17-23(2)3)20-18-24(4)5/h23-26H,6-22H2,1-5H3,(H,28,29). The van der Waals surface area contributed by atoms with E-state index in [1.165, 1.54) is 83.5 Å². The van der Waals surface area contributed by atoms with E-state index in [0.29, 0.717) is 5.92 Å². The molecule has 0 aliphatic carbocycles. The Morgan fingerprint density at radius 2 is 1.00 bits per heavy atom. The molecule has 0 aliphatic heterocycles. The molecule has 0 aromatic carbocycles. The molecule has 0 aromatic rings. The first-order valence-electron chi connectivity index (χ1n) is 13.1. The van der Waals surface area contributed by atoms with E-state index in [1.807, 2.05) is 0 Å². The Bertz CT molecular complexity index is 350. The number of carbonyl (C=O) groups is 1. The summed E-state index contributed by atoms with van der Waals surface area (Å²) in [5.41, 5.74) is 0. The van der Waals surface area contributed by atoms with Gasteiger partial charge in [-0.15, -0.1) is 0 Å². The molecule has 29 heavy (non-hydrogen) atoms. The molecule has 0 rings (SSSR count). The van der Waals surface area contributed by atoms with Crippen LogP contribution in [-0.4, -0.2) is 11.1 Å². The van der Waals surface area contributed by atoms with Gasteiger partial charge >= 0.3 is 5.97 Å². The lowest BCUT2D eigenvalue weighted by Crippen LogP contribution is -2.16. The number of carboxylic acid groups (broad SMARTS) is 1. The summed E-state index contributed by atoms with van der Waals surface area (Å²) < 4.78 is 0. The Morgan fingerprint density at radius 3 is 1.41 bits per heavy atom. The topological polar surface area (TPSA) is 37.3 Å². The Labute approximate surface area is 183 Å². The first kappa shape index (κ1) is 28.5. The van der Waals surface area contributed by atoms with Crippen LogP contribution in [0.25, 0.3) is 0 Å². The van der Waals surface area contributed by atoms with Gasteiger partial charge in [-0.3, -0.25) is 4.79 Å². The van der Waals surface area contributed by atoms with Crippen molar-refractivity contribution in [3.63, 3.8) is 0 Å². The molecule has 174 valence electrons. The molecule has 1 atom stereocenters. The fourth-order valence-electron chi connectivity index (χ4n) is 4.28. The summed E-state index contributed by atoms with van der Waals surface area (Å²) >= 11 is 0. The zero-order chi connectivity index (χ0) is 21.9. The van der Waals surface area contributed by atoms with Gasteiger partial charge in [0.05, 0.1) is 5.92 Å². The summed E-state index contributed by atoms with van der Waals surface area (Å²) in [5.74, 6) is 1.53. The molecule has 0 aromatic heterocycles. The molecule has 0 saturated carbocycles. The van der Waals surface area contributed by atoms with Crippen LogP contribution in [0.5, 0.6) is 0 Å². The molecule has 1 unspecified atom stereocenters. The number of hydrogen-bond acceptors (Lipinski definition) is 1. The van der Waals surface area contributed by atoms with Crippen LogP contribution in [0.1, 0.15) is 144 Å². The van der Waals surface area contributed by atoms with Gasteiger partial charge in [-0.1, -0.05) is 125 Å². The van der Waals surface area contributed by atoms with E-state index in [1.54, 1.807) is 0 Å². The summed E-state index contributed by atoms with van der Waals surface area (Å²) in [6.07, 6.45) is 21.1. The van der Waals surface area contributed by atoms with Crippen LogP contribution in [0.4, 0.5) is 0 Å². The maximum Gasteiger partial charge on any atom is 0.306 e. The maximum absolute atomic E-state index is 11.7. The van der Waals surface area contributed by atoms with Crippen LogP contribution in [0, 0.1) is 23.7 Å². The highest BCUT2D eigenvalue weighted by Gasteiger charge is 2.20. The van der Waals surface area contributed by atoms with Crippen molar-refractivity contribution in [1.82, 2.24) is 0 Å². The zero-order valence-electron chi connectivity index (χ0n) is 20.7. The van der Waals surface area contributed by atoms with Crippen molar-refractivity contribution in [3.05, 3.63) is 0 Å². The number of rotatable bonds is 21. The van der Waals surface area contributed by atoms with Gasteiger partial charge in [0.1, 0.15) is 0 Å². The third-order valence-corrected chi connectivity index (χ3v) is 6.48. The molecule has 0 bridgehead atoms. The van der Waals surface area contributed by atoms with Crippen molar-refractivity contribution in [2.75, 3.05) is 0 Å². The predicted octanol–water partition coefficient (Wildman–Crippen LogP) is 9.27. The van der Waals surface area contributed by atoms with E-state index < -0.39 is 5.97 Å². The van der Waals surface area contributed by atoms with Crippen LogP contribution >= 0.6 is 0 Å². The maximum atomic E-state index is 11.7. The first-order valence-corrected chi connectivity index (χ1v) is 13.1. The van der Waals surface area contributed by atoms with Crippen LogP contribution in [0.2, 0.25) is 0 Å². The van der Waals surface area contributed by atoms with Gasteiger partial charge in [-0.25, -0.2) is 0 Å². The Hall–Kier alpha value is -0.530. The molecule has 1 N–H and O–H groups in total. The fraction of sp³-hybridized carbons (Fsp3) is 0.963. The van der Waals surface area contributed by atoms with E-state index >= 15 is 0 Å². The van der Waals surface area contributed by atoms with Gasteiger partial charge in [0.25, 0.3) is 0 Å². The molecule has 0 amide bonds. The molecular weight excluding hydrogens is 356 g/mol. The van der Waals surface area contributed by atoms with Gasteiger partial charge in [-0.05, 0) is 37.0 Å². The second-order valence-corrected chi connectivity index (χ2v) is 10.4. The van der Waals surface area contributed by atoms with Gasteiger partial charge in [-0.2, -0.15) is 0 Å². The molecule has 2 heteroatoms. The third-order valence-electron chi connectivity index (χ3n) is 6.48. The molecule has 0 aliphatic rings. The number of aliphatic carboxylic acids is 1. The second kappa shape index (κ2) is 19.4. The van der Waals surface area contributed by atoms with Crippen LogP contribution in [0.15, 0.2) is 0 Å². The van der Waals surface area contributed by atoms with Crippen molar-refractivity contribution in [2.45, 2.75) is 144 Å². The van der Waals surface area contributed by atoms with E-state index in [9.17, 15) is 9.90 Å². The molecule has 0 radical (unpaired) electrons. The van der Waals surface area contributed by atoms with Crippen molar-refractivity contribution in [3.8, 4) is 0 Å². The largest absolute Gasteiger partial charge is 0.481 e. The normalized spacial score (nSPS) is 13.0. The van der Waals surface area contributed by atoms with Gasteiger partial charge in [0, 0.05) is 0 Å². The van der Waals surface area contributed by atoms with Gasteiger partial charge in [0.2, 0.25) is 0 Å². The Balaban J connectivity index is 4.03. The van der Waals surface area contributed by atoms with Crippen LogP contribution in [-0.2, 0) is 4.79 Å². The number of hydrogen-bond donors (Lipinski definition) is 1. The zero-order valence-corrected chi connectivity index (χ0v) is 20.7. The van der Waals surface area contributed by atoms with E-state index in [4.69, 9.17) is 0 Å². The molecule has 0 fully saturated rings. The number of carboxylic acids is 1. The highest BCUT2D eigenvalue weighted by molar-refractivity contribution is 5.69. The minimum absolute atomic E-state index is 0.121. The summed E-state index contributed by atoms with van der Waals surface area (Å²) in [4.78, 5) is 11.7. The monoisotopic (exact) mass is 410 g/mol. The fourth-order valence-corrected chi connectivity index (χ4v) is 4.28. The minimum atomic E-state index is -0.563. The smallest absolute Gasteiger partial charge is 0.306 e. The molecule has 0 saturated heterocycles. The van der Waals surface area contributed by atoms with Crippen molar-refractivity contribution in [2.24, 2.45) is 23.7 Å². The van der Waals surface area contributed by atoms with E-state index in [-0.39, 0.29) is 5.92 Å². The molecular formula is C27H54O2. The minimum Gasteiger partial charge on any atom is -0.481 e. The summed E-state index contributed by atoms with van der Waals surface area (Å²) in [5, 5.41) is 9.67. The van der Waals surface area contributed by atoms with E-state index in [2.05, 4.69) is 34.6 Å². The van der Waals surface area contributed by atoms with Crippen LogP contribution < -0.4 is 0 Å². The molecule has 0 heterocycles. The van der Waals surface area contributed by atoms with Crippen LogP contribution in [0.3, 0.4) is 0 Å². The van der Waals surface area contributed by atoms with Crippen molar-refractivity contribution >= 4 is 5.97 Å². The lowest BCUT2D eigenvalue weighted by molar-refractivity contribution is -0.142. The van der Waals surface area contributed by atoms with Crippen molar-refractivity contribution < 1.29 is 9.90 Å². The Kier molecular flexibility index (Phi) is 19.1. The lowest BCUT2D eigenvalue weighted by Gasteiger charge is -2.21. The molecule has 2 nitrogen and oxygen atoms in total. The average Bonchev–Trinajstić information content (AvgIpc) is 2.66. The third kappa shape index (κ3) is 19.2. The quantitative estimate of drug-likeness (QED) is 0.191. The van der Waals surface area contributed by atoms with E-state index in [0.717, 1.165) is 37.5 Å². The highest BCUT2D eigenvalue weighted by Crippen LogP contribution is 2.27. The van der Waals surface area contributed by atoms with Gasteiger partial charge in [0.15, 0.2) is 0 Å². The lowest BCUT2D eigenvalue weighted by atomic mass is 9.85. The second-order valence-electron chi connectivity index (χ2n) is 10.4. The first-order chi connectivity index (χ1) is 13.9. The summed E-state index contributed by atoms with van der Waals surface area (Å²) in [7, 11) is 0. The predicted molar refractivity (Wildman–Crippen MR) is 128 cm³/mol. The summed E-state index contributed by atoms with van der Waals surface area (Å²) in [6.45, 7) is 11.5. The average molecular weight is 411 g/mol. The molecule has 0 spiro atoms. The van der Waals surface area contributed by atoms with Gasteiger partial charge < -0.3 is 5.11 Å². The number of unbranched alkanes of at least 4 members (excludes halogenated alkanes) is 9. The Morgan fingerprint density at radius 1 is 0.586 bits per heavy atom. The summed E-state index contributed by atoms with van der Waals surface area (Å²) in [6, 6.07) is 0. The highest BCUT2D eigenvalue weighted by atomic mass is 16.4.